The Kier molecular flexibility index (Phi) is 2.75. The molecule has 2 heterocycles. The first-order valence-corrected chi connectivity index (χ1v) is 5.56. The van der Waals surface area contributed by atoms with E-state index in [-0.39, 0.29) is 0 Å². The number of nitrogen functional groups attached to an aromatic ring is 1. The van der Waals surface area contributed by atoms with Gasteiger partial charge in [0.25, 0.3) is 0 Å². The van der Waals surface area contributed by atoms with Crippen molar-refractivity contribution in [1.82, 2.24) is 9.97 Å². The predicted octanol–water partition coefficient (Wildman–Crippen LogP) is 1.78. The van der Waals surface area contributed by atoms with Crippen molar-refractivity contribution in [2.24, 2.45) is 0 Å². The molecule has 0 unspecified atom stereocenters. The van der Waals surface area contributed by atoms with Crippen molar-refractivity contribution in [3.05, 3.63) is 11.9 Å². The second-order valence-electron chi connectivity index (χ2n) is 4.36. The molecule has 0 saturated carbocycles. The Morgan fingerprint density at radius 3 is 2.53 bits per heavy atom. The van der Waals surface area contributed by atoms with Crippen molar-refractivity contribution >= 4 is 11.6 Å². The molecular formula is C11H18N4. The first-order valence-electron chi connectivity index (χ1n) is 5.56. The van der Waals surface area contributed by atoms with E-state index >= 15 is 0 Å². The molecule has 0 aliphatic carbocycles. The molecule has 2 N–H and O–H groups in total. The summed E-state index contributed by atoms with van der Waals surface area (Å²) >= 11 is 0. The first kappa shape index (κ1) is 10.2. The van der Waals surface area contributed by atoms with Crippen LogP contribution in [0.4, 0.5) is 11.6 Å². The van der Waals surface area contributed by atoms with Gasteiger partial charge in [0, 0.05) is 25.1 Å². The fourth-order valence-corrected chi connectivity index (χ4v) is 1.84. The van der Waals surface area contributed by atoms with Crippen LogP contribution in [0.1, 0.15) is 38.4 Å². The molecular weight excluding hydrogens is 188 g/mol. The molecule has 1 aliphatic rings. The molecule has 0 aromatic carbocycles. The van der Waals surface area contributed by atoms with Crippen LogP contribution in [0.15, 0.2) is 6.07 Å². The third-order valence-electron chi connectivity index (χ3n) is 2.70. The molecule has 0 bridgehead atoms. The topological polar surface area (TPSA) is 55.0 Å². The monoisotopic (exact) mass is 206 g/mol. The highest BCUT2D eigenvalue weighted by Crippen LogP contribution is 2.21. The quantitative estimate of drug-likeness (QED) is 0.801. The van der Waals surface area contributed by atoms with Crippen molar-refractivity contribution < 1.29 is 0 Å². The van der Waals surface area contributed by atoms with Crippen LogP contribution in [0.5, 0.6) is 0 Å². The van der Waals surface area contributed by atoms with Gasteiger partial charge in [-0.25, -0.2) is 9.97 Å². The summed E-state index contributed by atoms with van der Waals surface area (Å²) in [5.74, 6) is 2.74. The van der Waals surface area contributed by atoms with Gasteiger partial charge >= 0.3 is 0 Å². The minimum absolute atomic E-state index is 0.329. The fourth-order valence-electron chi connectivity index (χ4n) is 1.84. The molecule has 0 radical (unpaired) electrons. The van der Waals surface area contributed by atoms with Crippen molar-refractivity contribution in [2.45, 2.75) is 32.6 Å². The van der Waals surface area contributed by atoms with E-state index in [1.165, 1.54) is 12.8 Å². The zero-order valence-corrected chi connectivity index (χ0v) is 9.40. The van der Waals surface area contributed by atoms with Crippen LogP contribution in [0, 0.1) is 0 Å². The minimum atomic E-state index is 0.329. The van der Waals surface area contributed by atoms with Gasteiger partial charge in [-0.1, -0.05) is 13.8 Å². The number of hydrogen-bond acceptors (Lipinski definition) is 4. The molecule has 4 heteroatoms. The first-order chi connectivity index (χ1) is 7.16. The Balaban J connectivity index is 2.30. The number of anilines is 2. The highest BCUT2D eigenvalue weighted by molar-refractivity contribution is 5.47. The van der Waals surface area contributed by atoms with E-state index < -0.39 is 0 Å². The Hall–Kier alpha value is -1.32. The van der Waals surface area contributed by atoms with Crippen LogP contribution < -0.4 is 10.6 Å². The number of aromatic nitrogens is 2. The number of nitrogens with zero attached hydrogens (tertiary/aromatic N) is 3. The molecule has 0 atom stereocenters. The Bertz CT molecular complexity index is 342. The normalized spacial score (nSPS) is 16.3. The maximum Gasteiger partial charge on any atom is 0.135 e. The second-order valence-corrected chi connectivity index (χ2v) is 4.36. The predicted molar refractivity (Wildman–Crippen MR) is 62.0 cm³/mol. The fraction of sp³-hybridized carbons (Fsp3) is 0.636. The van der Waals surface area contributed by atoms with Crippen molar-refractivity contribution in [2.75, 3.05) is 23.7 Å². The molecule has 15 heavy (non-hydrogen) atoms. The van der Waals surface area contributed by atoms with Gasteiger partial charge in [0.1, 0.15) is 17.5 Å². The third kappa shape index (κ3) is 2.19. The van der Waals surface area contributed by atoms with Gasteiger partial charge < -0.3 is 10.6 Å². The molecule has 0 amide bonds. The second kappa shape index (κ2) is 4.04. The summed E-state index contributed by atoms with van der Waals surface area (Å²) in [5, 5.41) is 0. The maximum absolute atomic E-state index is 5.79. The molecule has 2 rings (SSSR count). The Labute approximate surface area is 90.5 Å². The van der Waals surface area contributed by atoms with E-state index in [1.54, 1.807) is 0 Å². The number of rotatable bonds is 2. The van der Waals surface area contributed by atoms with E-state index in [0.717, 1.165) is 24.7 Å². The van der Waals surface area contributed by atoms with Crippen LogP contribution in [-0.2, 0) is 0 Å². The summed E-state index contributed by atoms with van der Waals surface area (Å²) < 4.78 is 0. The number of hydrogen-bond donors (Lipinski definition) is 1. The third-order valence-corrected chi connectivity index (χ3v) is 2.70. The average Bonchev–Trinajstić information content (AvgIpc) is 2.69. The summed E-state index contributed by atoms with van der Waals surface area (Å²) in [5.41, 5.74) is 5.79. The van der Waals surface area contributed by atoms with Crippen molar-refractivity contribution in [1.29, 1.82) is 0 Å². The summed E-state index contributed by atoms with van der Waals surface area (Å²) in [7, 11) is 0. The van der Waals surface area contributed by atoms with Gasteiger partial charge in [0.05, 0.1) is 0 Å². The average molecular weight is 206 g/mol. The van der Waals surface area contributed by atoms with Crippen molar-refractivity contribution in [3.63, 3.8) is 0 Å². The molecule has 82 valence electrons. The van der Waals surface area contributed by atoms with Gasteiger partial charge in [0.2, 0.25) is 0 Å². The highest BCUT2D eigenvalue weighted by atomic mass is 15.2. The SMILES string of the molecule is CC(C)c1nc(N)cc(N2CCCC2)n1. The summed E-state index contributed by atoms with van der Waals surface area (Å²) in [4.78, 5) is 11.1. The summed E-state index contributed by atoms with van der Waals surface area (Å²) in [6.07, 6.45) is 2.50. The maximum atomic E-state index is 5.79. The van der Waals surface area contributed by atoms with Crippen LogP contribution in [0.2, 0.25) is 0 Å². The number of nitrogens with two attached hydrogens (primary N) is 1. The van der Waals surface area contributed by atoms with Crippen LogP contribution in [-0.4, -0.2) is 23.1 Å². The van der Waals surface area contributed by atoms with Crippen molar-refractivity contribution in [3.8, 4) is 0 Å². The smallest absolute Gasteiger partial charge is 0.135 e. The Morgan fingerprint density at radius 1 is 1.27 bits per heavy atom. The van der Waals surface area contributed by atoms with Gasteiger partial charge in [-0.15, -0.1) is 0 Å². The summed E-state index contributed by atoms with van der Waals surface area (Å²) in [6, 6.07) is 1.87. The minimum Gasteiger partial charge on any atom is -0.384 e. The van der Waals surface area contributed by atoms with E-state index in [2.05, 4.69) is 28.7 Å². The molecule has 1 aliphatic heterocycles. The highest BCUT2D eigenvalue weighted by Gasteiger charge is 2.15. The molecule has 1 aromatic heterocycles. The lowest BCUT2D eigenvalue weighted by molar-refractivity contribution is 0.767. The van der Waals surface area contributed by atoms with E-state index in [9.17, 15) is 0 Å². The Morgan fingerprint density at radius 2 is 1.93 bits per heavy atom. The van der Waals surface area contributed by atoms with Gasteiger partial charge in [-0.05, 0) is 12.8 Å². The van der Waals surface area contributed by atoms with Gasteiger partial charge in [-0.3, -0.25) is 0 Å². The molecule has 0 spiro atoms. The lowest BCUT2D eigenvalue weighted by Gasteiger charge is -2.18. The van der Waals surface area contributed by atoms with Crippen LogP contribution in [0.25, 0.3) is 0 Å². The molecule has 4 nitrogen and oxygen atoms in total. The van der Waals surface area contributed by atoms with Crippen LogP contribution >= 0.6 is 0 Å². The largest absolute Gasteiger partial charge is 0.384 e. The standard InChI is InChI=1S/C11H18N4/c1-8(2)11-13-9(12)7-10(14-11)15-5-3-4-6-15/h7-8H,3-6H2,1-2H3,(H2,12,13,14). The van der Waals surface area contributed by atoms with Gasteiger partial charge in [0.15, 0.2) is 0 Å². The van der Waals surface area contributed by atoms with Gasteiger partial charge in [-0.2, -0.15) is 0 Å². The van der Waals surface area contributed by atoms with E-state index in [4.69, 9.17) is 5.73 Å². The zero-order chi connectivity index (χ0) is 10.8. The zero-order valence-electron chi connectivity index (χ0n) is 9.40. The molecule has 1 aromatic rings. The lowest BCUT2D eigenvalue weighted by Crippen LogP contribution is -2.20. The van der Waals surface area contributed by atoms with E-state index in [1.807, 2.05) is 6.07 Å². The molecule has 1 fully saturated rings. The van der Waals surface area contributed by atoms with E-state index in [0.29, 0.717) is 11.7 Å². The molecule has 1 saturated heterocycles. The lowest BCUT2D eigenvalue weighted by atomic mass is 10.2. The summed E-state index contributed by atoms with van der Waals surface area (Å²) in [6.45, 7) is 6.35. The van der Waals surface area contributed by atoms with Crippen LogP contribution in [0.3, 0.4) is 0 Å².